The molecule has 15 heavy (non-hydrogen) atoms. The van der Waals surface area contributed by atoms with Gasteiger partial charge in [0.05, 0.1) is 13.0 Å². The summed E-state index contributed by atoms with van der Waals surface area (Å²) in [5.74, 6) is -0.901. The number of hydrogen-bond acceptors (Lipinski definition) is 4. The Bertz CT molecular complexity index is 197. The predicted octanol–water partition coefficient (Wildman–Crippen LogP) is -0.797. The van der Waals surface area contributed by atoms with Crippen molar-refractivity contribution in [3.05, 3.63) is 0 Å². The average molecular weight is 218 g/mol. The largest absolute Gasteiger partial charge is 0.481 e. The number of methoxy groups -OCH3 is 1. The molecule has 88 valence electrons. The Balaban J connectivity index is 3.20. The molecule has 0 aromatic carbocycles. The third-order valence-corrected chi connectivity index (χ3v) is 1.67. The minimum Gasteiger partial charge on any atom is -0.481 e. The van der Waals surface area contributed by atoms with Gasteiger partial charge in [0.1, 0.15) is 0 Å². The zero-order chi connectivity index (χ0) is 11.5. The van der Waals surface area contributed by atoms with Crippen LogP contribution in [0.2, 0.25) is 0 Å². The van der Waals surface area contributed by atoms with Crippen LogP contribution in [-0.4, -0.2) is 50.3 Å². The Kier molecular flexibility index (Phi) is 8.70. The Morgan fingerprint density at radius 1 is 1.20 bits per heavy atom. The van der Waals surface area contributed by atoms with Crippen LogP contribution in [0.1, 0.15) is 12.8 Å². The molecule has 0 spiro atoms. The number of ether oxygens (including phenoxy) is 1. The number of carboxylic acid groups (broad SMARTS) is 1. The van der Waals surface area contributed by atoms with E-state index in [1.165, 1.54) is 0 Å². The molecule has 0 aliphatic heterocycles. The van der Waals surface area contributed by atoms with Crippen LogP contribution < -0.4 is 10.6 Å². The molecule has 0 rings (SSSR count). The van der Waals surface area contributed by atoms with Crippen molar-refractivity contribution in [2.24, 2.45) is 0 Å². The van der Waals surface area contributed by atoms with Gasteiger partial charge in [0, 0.05) is 33.2 Å². The summed E-state index contributed by atoms with van der Waals surface area (Å²) in [6, 6.07) is 0. The van der Waals surface area contributed by atoms with Crippen molar-refractivity contribution in [1.29, 1.82) is 0 Å². The number of aliphatic carboxylic acids is 1. The standard InChI is InChI=1S/C9H18N2O4/c1-15-7-6-11-8(12)2-4-10-5-3-9(13)14/h10H,2-7H2,1H3,(H,11,12)(H,13,14). The highest BCUT2D eigenvalue weighted by atomic mass is 16.5. The molecule has 0 atom stereocenters. The van der Waals surface area contributed by atoms with Gasteiger partial charge in [0.2, 0.25) is 5.91 Å². The van der Waals surface area contributed by atoms with Crippen LogP contribution in [0.3, 0.4) is 0 Å². The van der Waals surface area contributed by atoms with E-state index in [4.69, 9.17) is 9.84 Å². The third kappa shape index (κ3) is 10.8. The van der Waals surface area contributed by atoms with Crippen molar-refractivity contribution in [3.8, 4) is 0 Å². The van der Waals surface area contributed by atoms with Crippen LogP contribution in [-0.2, 0) is 14.3 Å². The second kappa shape index (κ2) is 9.42. The molecule has 0 fully saturated rings. The highest BCUT2D eigenvalue weighted by molar-refractivity contribution is 5.76. The van der Waals surface area contributed by atoms with Gasteiger partial charge >= 0.3 is 5.97 Å². The first-order chi connectivity index (χ1) is 7.16. The molecule has 0 bridgehead atoms. The van der Waals surface area contributed by atoms with Crippen LogP contribution in [0.4, 0.5) is 0 Å². The van der Waals surface area contributed by atoms with E-state index in [-0.39, 0.29) is 12.3 Å². The fraction of sp³-hybridized carbons (Fsp3) is 0.778. The zero-order valence-corrected chi connectivity index (χ0v) is 8.91. The van der Waals surface area contributed by atoms with Crippen molar-refractivity contribution in [2.45, 2.75) is 12.8 Å². The van der Waals surface area contributed by atoms with Gasteiger partial charge in [-0.05, 0) is 0 Å². The molecule has 0 unspecified atom stereocenters. The Hall–Kier alpha value is -1.14. The normalized spacial score (nSPS) is 9.93. The topological polar surface area (TPSA) is 87.7 Å². The molecule has 0 aliphatic rings. The quantitative estimate of drug-likeness (QED) is 0.441. The highest BCUT2D eigenvalue weighted by Gasteiger charge is 2.00. The molecule has 0 saturated carbocycles. The first-order valence-electron chi connectivity index (χ1n) is 4.85. The van der Waals surface area contributed by atoms with E-state index in [1.807, 2.05) is 0 Å². The van der Waals surface area contributed by atoms with Crippen LogP contribution in [0.5, 0.6) is 0 Å². The Labute approximate surface area is 89.0 Å². The summed E-state index contributed by atoms with van der Waals surface area (Å²) in [6.45, 7) is 1.88. The SMILES string of the molecule is COCCNC(=O)CCNCCC(=O)O. The van der Waals surface area contributed by atoms with Gasteiger partial charge in [-0.15, -0.1) is 0 Å². The minimum atomic E-state index is -0.841. The molecule has 0 aliphatic carbocycles. The van der Waals surface area contributed by atoms with E-state index in [0.717, 1.165) is 0 Å². The van der Waals surface area contributed by atoms with E-state index < -0.39 is 5.97 Å². The number of amides is 1. The van der Waals surface area contributed by atoms with Crippen molar-refractivity contribution >= 4 is 11.9 Å². The van der Waals surface area contributed by atoms with Crippen LogP contribution in [0.15, 0.2) is 0 Å². The summed E-state index contributed by atoms with van der Waals surface area (Å²) in [5.41, 5.74) is 0. The third-order valence-electron chi connectivity index (χ3n) is 1.67. The molecular weight excluding hydrogens is 200 g/mol. The van der Waals surface area contributed by atoms with E-state index in [2.05, 4.69) is 10.6 Å². The summed E-state index contributed by atoms with van der Waals surface area (Å²) >= 11 is 0. The Morgan fingerprint density at radius 3 is 2.47 bits per heavy atom. The molecule has 0 radical (unpaired) electrons. The molecule has 0 saturated heterocycles. The number of nitrogens with one attached hydrogen (secondary N) is 2. The monoisotopic (exact) mass is 218 g/mol. The van der Waals surface area contributed by atoms with Gasteiger partial charge in [0.15, 0.2) is 0 Å². The van der Waals surface area contributed by atoms with Gasteiger partial charge in [-0.25, -0.2) is 0 Å². The van der Waals surface area contributed by atoms with Crippen molar-refractivity contribution in [3.63, 3.8) is 0 Å². The lowest BCUT2D eigenvalue weighted by Gasteiger charge is -2.04. The fourth-order valence-electron chi connectivity index (χ4n) is 0.903. The second-order valence-electron chi connectivity index (χ2n) is 2.99. The number of rotatable bonds is 9. The summed E-state index contributed by atoms with van der Waals surface area (Å²) in [4.78, 5) is 21.2. The van der Waals surface area contributed by atoms with Gasteiger partial charge < -0.3 is 20.5 Å². The first kappa shape index (κ1) is 13.9. The lowest BCUT2D eigenvalue weighted by atomic mass is 10.3. The smallest absolute Gasteiger partial charge is 0.304 e. The van der Waals surface area contributed by atoms with E-state index in [1.54, 1.807) is 7.11 Å². The molecule has 6 nitrogen and oxygen atoms in total. The van der Waals surface area contributed by atoms with Crippen LogP contribution in [0.25, 0.3) is 0 Å². The molecule has 0 aromatic rings. The Morgan fingerprint density at radius 2 is 1.87 bits per heavy atom. The molecule has 6 heteroatoms. The average Bonchev–Trinajstić information content (AvgIpc) is 2.17. The maximum absolute atomic E-state index is 11.1. The highest BCUT2D eigenvalue weighted by Crippen LogP contribution is 1.79. The molecular formula is C9H18N2O4. The van der Waals surface area contributed by atoms with Crippen LogP contribution in [0, 0.1) is 0 Å². The van der Waals surface area contributed by atoms with E-state index in [9.17, 15) is 9.59 Å². The number of carbonyl (C=O) groups excluding carboxylic acids is 1. The van der Waals surface area contributed by atoms with Crippen molar-refractivity contribution < 1.29 is 19.4 Å². The fourth-order valence-corrected chi connectivity index (χ4v) is 0.903. The summed E-state index contributed by atoms with van der Waals surface area (Å²) in [5, 5.41) is 13.9. The van der Waals surface area contributed by atoms with Crippen LogP contribution >= 0.6 is 0 Å². The van der Waals surface area contributed by atoms with Gasteiger partial charge in [0.25, 0.3) is 0 Å². The van der Waals surface area contributed by atoms with Crippen molar-refractivity contribution in [2.75, 3.05) is 33.4 Å². The molecule has 0 heterocycles. The summed E-state index contributed by atoms with van der Waals surface area (Å²) in [6.07, 6.45) is 0.425. The van der Waals surface area contributed by atoms with Crippen molar-refractivity contribution in [1.82, 2.24) is 10.6 Å². The first-order valence-corrected chi connectivity index (χ1v) is 4.85. The minimum absolute atomic E-state index is 0.0603. The molecule has 3 N–H and O–H groups in total. The number of carboxylic acids is 1. The van der Waals surface area contributed by atoms with E-state index in [0.29, 0.717) is 32.7 Å². The second-order valence-corrected chi connectivity index (χ2v) is 2.99. The number of carbonyl (C=O) groups is 2. The van der Waals surface area contributed by atoms with Gasteiger partial charge in [-0.1, -0.05) is 0 Å². The summed E-state index contributed by atoms with van der Waals surface area (Å²) in [7, 11) is 1.57. The van der Waals surface area contributed by atoms with E-state index >= 15 is 0 Å². The predicted molar refractivity (Wildman–Crippen MR) is 54.6 cm³/mol. The lowest BCUT2D eigenvalue weighted by Crippen LogP contribution is -2.30. The zero-order valence-electron chi connectivity index (χ0n) is 8.91. The maximum Gasteiger partial charge on any atom is 0.304 e. The number of hydrogen-bond donors (Lipinski definition) is 3. The maximum atomic E-state index is 11.1. The molecule has 0 aromatic heterocycles. The lowest BCUT2D eigenvalue weighted by molar-refractivity contribution is -0.136. The molecule has 1 amide bonds. The summed E-state index contributed by atoms with van der Waals surface area (Å²) < 4.78 is 4.77. The van der Waals surface area contributed by atoms with Gasteiger partial charge in [-0.2, -0.15) is 0 Å². The van der Waals surface area contributed by atoms with Gasteiger partial charge in [-0.3, -0.25) is 9.59 Å².